The van der Waals surface area contributed by atoms with E-state index < -0.39 is 4.84 Å². The molecule has 24 heavy (non-hydrogen) atoms. The largest absolute Gasteiger partial charge is 0.489 e. The summed E-state index contributed by atoms with van der Waals surface area (Å²) in [5.41, 5.74) is 2.07. The Morgan fingerprint density at radius 1 is 1.17 bits per heavy atom. The number of hydrogen-bond donors (Lipinski definition) is 0. The Morgan fingerprint density at radius 2 is 1.88 bits per heavy atom. The summed E-state index contributed by atoms with van der Waals surface area (Å²) in [6.07, 6.45) is 0. The fourth-order valence-electron chi connectivity index (χ4n) is 2.63. The van der Waals surface area contributed by atoms with Crippen molar-refractivity contribution in [1.29, 1.82) is 0 Å². The number of thioether (sulfide) groups is 1. The van der Waals surface area contributed by atoms with E-state index in [1.807, 2.05) is 54.6 Å². The van der Waals surface area contributed by atoms with Gasteiger partial charge in [-0.2, -0.15) is 0 Å². The van der Waals surface area contributed by atoms with E-state index in [0.717, 1.165) is 22.6 Å². The summed E-state index contributed by atoms with van der Waals surface area (Å²) < 4.78 is 6.01. The smallest absolute Gasteiger partial charge is 0.257 e. The number of carbonyl (C=O) groups excluding carboxylic acids is 1. The van der Waals surface area contributed by atoms with Gasteiger partial charge in [0, 0.05) is 17.9 Å². The van der Waals surface area contributed by atoms with Crippen molar-refractivity contribution in [2.24, 2.45) is 0 Å². The Bertz CT molecular complexity index is 696. The summed E-state index contributed by atoms with van der Waals surface area (Å²) in [6.45, 7) is 1.12. The van der Waals surface area contributed by atoms with E-state index in [2.05, 4.69) is 0 Å². The van der Waals surface area contributed by atoms with Crippen molar-refractivity contribution < 1.29 is 9.53 Å². The highest BCUT2D eigenvalue weighted by Crippen LogP contribution is 2.42. The van der Waals surface area contributed by atoms with E-state index in [-0.39, 0.29) is 11.3 Å². The molecule has 0 bridgehead atoms. The molecular weight excluding hydrogens is 365 g/mol. The van der Waals surface area contributed by atoms with Crippen molar-refractivity contribution in [3.63, 3.8) is 0 Å². The third-order valence-electron chi connectivity index (χ3n) is 3.78. The van der Waals surface area contributed by atoms with Crippen molar-refractivity contribution in [3.8, 4) is 5.75 Å². The van der Waals surface area contributed by atoms with Crippen LogP contribution in [0.5, 0.6) is 5.75 Å². The predicted molar refractivity (Wildman–Crippen MR) is 99.6 cm³/mol. The number of alkyl halides is 2. The van der Waals surface area contributed by atoms with Gasteiger partial charge in [-0.25, -0.2) is 0 Å². The number of halogens is 2. The summed E-state index contributed by atoms with van der Waals surface area (Å²) in [4.78, 5) is 12.9. The van der Waals surface area contributed by atoms with Gasteiger partial charge in [-0.3, -0.25) is 4.79 Å². The Kier molecular flexibility index (Phi) is 5.93. The molecule has 3 nitrogen and oxygen atoms in total. The van der Waals surface area contributed by atoms with Gasteiger partial charge in [0.2, 0.25) is 0 Å². The van der Waals surface area contributed by atoms with Crippen LogP contribution in [0.2, 0.25) is 0 Å². The van der Waals surface area contributed by atoms with Gasteiger partial charge in [0.15, 0.2) is 4.84 Å². The lowest BCUT2D eigenvalue weighted by molar-refractivity contribution is -0.129. The number of para-hydroxylation sites is 1. The van der Waals surface area contributed by atoms with Gasteiger partial charge in [0.05, 0.1) is 0 Å². The molecule has 1 heterocycles. The van der Waals surface area contributed by atoms with E-state index in [0.29, 0.717) is 13.2 Å². The SMILES string of the molecule is O=C(C(Cl)Cl)N1CCSC1c1ccccc1OCc1ccccc1. The number of carbonyl (C=O) groups is 1. The van der Waals surface area contributed by atoms with Crippen molar-refractivity contribution in [1.82, 2.24) is 4.90 Å². The minimum Gasteiger partial charge on any atom is -0.489 e. The maximum atomic E-state index is 12.2. The first kappa shape index (κ1) is 17.5. The van der Waals surface area contributed by atoms with Crippen LogP contribution in [-0.4, -0.2) is 27.9 Å². The van der Waals surface area contributed by atoms with Crippen molar-refractivity contribution >= 4 is 40.9 Å². The molecule has 1 aliphatic heterocycles. The van der Waals surface area contributed by atoms with Gasteiger partial charge >= 0.3 is 0 Å². The molecule has 0 aliphatic carbocycles. The van der Waals surface area contributed by atoms with Gasteiger partial charge < -0.3 is 9.64 Å². The van der Waals surface area contributed by atoms with Crippen molar-refractivity contribution in [3.05, 3.63) is 65.7 Å². The van der Waals surface area contributed by atoms with E-state index in [1.54, 1.807) is 16.7 Å². The third-order valence-corrected chi connectivity index (χ3v) is 5.40. The second-order valence-corrected chi connectivity index (χ2v) is 7.65. The zero-order valence-electron chi connectivity index (χ0n) is 12.9. The average molecular weight is 382 g/mol. The number of rotatable bonds is 5. The number of ether oxygens (including phenoxy) is 1. The molecule has 1 unspecified atom stereocenters. The maximum absolute atomic E-state index is 12.2. The minimum atomic E-state index is -1.04. The summed E-state index contributed by atoms with van der Waals surface area (Å²) in [6, 6.07) is 17.8. The number of nitrogens with zero attached hydrogens (tertiary/aromatic N) is 1. The molecule has 0 aromatic heterocycles. The minimum absolute atomic E-state index is 0.121. The lowest BCUT2D eigenvalue weighted by Crippen LogP contribution is -2.34. The fraction of sp³-hybridized carbons (Fsp3) is 0.278. The van der Waals surface area contributed by atoms with Gasteiger partial charge in [-0.05, 0) is 11.6 Å². The molecule has 2 aromatic carbocycles. The van der Waals surface area contributed by atoms with Gasteiger partial charge in [0.1, 0.15) is 17.7 Å². The zero-order chi connectivity index (χ0) is 16.9. The highest BCUT2D eigenvalue weighted by molar-refractivity contribution is 7.99. The molecule has 1 saturated heterocycles. The molecule has 0 radical (unpaired) electrons. The normalized spacial score (nSPS) is 17.3. The first-order valence-electron chi connectivity index (χ1n) is 7.62. The Morgan fingerprint density at radius 3 is 2.62 bits per heavy atom. The summed E-state index contributed by atoms with van der Waals surface area (Å²) in [5, 5.41) is -0.121. The topological polar surface area (TPSA) is 29.5 Å². The molecule has 6 heteroatoms. The summed E-state index contributed by atoms with van der Waals surface area (Å²) >= 11 is 13.2. The van der Waals surface area contributed by atoms with Gasteiger partial charge in [-0.15, -0.1) is 11.8 Å². The van der Waals surface area contributed by atoms with Crippen LogP contribution >= 0.6 is 35.0 Å². The Labute approximate surface area is 155 Å². The molecule has 0 saturated carbocycles. The van der Waals surface area contributed by atoms with E-state index in [4.69, 9.17) is 27.9 Å². The van der Waals surface area contributed by atoms with Crippen LogP contribution in [0.25, 0.3) is 0 Å². The molecule has 1 aliphatic rings. The van der Waals surface area contributed by atoms with Crippen LogP contribution in [0.4, 0.5) is 0 Å². The second-order valence-electron chi connectivity index (χ2n) is 5.37. The Hall–Kier alpha value is -1.36. The lowest BCUT2D eigenvalue weighted by Gasteiger charge is -2.26. The average Bonchev–Trinajstić information content (AvgIpc) is 3.09. The van der Waals surface area contributed by atoms with Crippen LogP contribution in [0.1, 0.15) is 16.5 Å². The van der Waals surface area contributed by atoms with Crippen LogP contribution < -0.4 is 4.74 Å². The van der Waals surface area contributed by atoms with Crippen LogP contribution in [0, 0.1) is 0 Å². The molecule has 2 aromatic rings. The van der Waals surface area contributed by atoms with Crippen molar-refractivity contribution in [2.75, 3.05) is 12.3 Å². The molecule has 0 spiro atoms. The lowest BCUT2D eigenvalue weighted by atomic mass is 10.1. The van der Waals surface area contributed by atoms with E-state index >= 15 is 0 Å². The number of hydrogen-bond acceptors (Lipinski definition) is 3. The quantitative estimate of drug-likeness (QED) is 0.706. The molecule has 3 rings (SSSR count). The molecule has 1 amide bonds. The van der Waals surface area contributed by atoms with Gasteiger partial charge in [0.25, 0.3) is 5.91 Å². The first-order chi connectivity index (χ1) is 11.7. The number of amides is 1. The second kappa shape index (κ2) is 8.15. The number of benzene rings is 2. The van der Waals surface area contributed by atoms with E-state index in [1.165, 1.54) is 0 Å². The molecular formula is C18H17Cl2NO2S. The van der Waals surface area contributed by atoms with Crippen LogP contribution in [0.3, 0.4) is 0 Å². The maximum Gasteiger partial charge on any atom is 0.257 e. The van der Waals surface area contributed by atoms with Crippen LogP contribution in [0.15, 0.2) is 54.6 Å². The van der Waals surface area contributed by atoms with Crippen LogP contribution in [-0.2, 0) is 11.4 Å². The predicted octanol–water partition coefficient (Wildman–Crippen LogP) is 4.64. The first-order valence-corrected chi connectivity index (χ1v) is 9.55. The Balaban J connectivity index is 1.79. The zero-order valence-corrected chi connectivity index (χ0v) is 15.2. The van der Waals surface area contributed by atoms with Crippen molar-refractivity contribution in [2.45, 2.75) is 16.8 Å². The molecule has 126 valence electrons. The van der Waals surface area contributed by atoms with Gasteiger partial charge in [-0.1, -0.05) is 71.7 Å². The summed E-state index contributed by atoms with van der Waals surface area (Å²) in [5.74, 6) is 1.37. The highest BCUT2D eigenvalue weighted by atomic mass is 35.5. The standard InChI is InChI=1S/C18H17Cl2NO2S/c19-16(20)17(22)21-10-11-24-18(21)14-8-4-5-9-15(14)23-12-13-6-2-1-3-7-13/h1-9,16,18H,10-12H2. The molecule has 1 fully saturated rings. The third kappa shape index (κ3) is 4.00. The molecule has 0 N–H and O–H groups in total. The summed E-state index contributed by atoms with van der Waals surface area (Å²) in [7, 11) is 0. The fourth-order valence-corrected chi connectivity index (χ4v) is 4.17. The monoisotopic (exact) mass is 381 g/mol. The highest BCUT2D eigenvalue weighted by Gasteiger charge is 2.34. The van der Waals surface area contributed by atoms with E-state index in [9.17, 15) is 4.79 Å². The molecule has 1 atom stereocenters.